The summed E-state index contributed by atoms with van der Waals surface area (Å²) in [5.41, 5.74) is 1.67. The van der Waals surface area contributed by atoms with Gasteiger partial charge >= 0.3 is 0 Å². The van der Waals surface area contributed by atoms with E-state index in [2.05, 4.69) is 18.8 Å². The molecule has 1 saturated heterocycles. The zero-order chi connectivity index (χ0) is 28.9. The largest absolute Gasteiger partial charge is 0.507 e. The first-order valence-electron chi connectivity index (χ1n) is 13.8. The van der Waals surface area contributed by atoms with Crippen LogP contribution in [0.15, 0.2) is 66.5 Å². The number of aromatic nitrogens is 1. The monoisotopic (exact) mass is 558 g/mol. The van der Waals surface area contributed by atoms with Crippen molar-refractivity contribution in [2.45, 2.75) is 39.8 Å². The standard InChI is InChI=1S/C32H34N2O7/c1-4-38-26-16-22(7-9-24(26)39-13-11-20(2)3)29-28(30(35)23-8-10-25-27(17-23)41-15-14-40-25)31(36)32(37)34(29)19-21-6-5-12-33-18-21/h5-10,12,16-18,20,29,35H,4,11,13-15,19H2,1-3H3/t29-/m1/s1. The predicted octanol–water partition coefficient (Wildman–Crippen LogP) is 5.30. The summed E-state index contributed by atoms with van der Waals surface area (Å²) in [6.07, 6.45) is 4.17. The normalized spacial score (nSPS) is 17.7. The van der Waals surface area contributed by atoms with Crippen LogP contribution in [0.1, 0.15) is 49.9 Å². The predicted molar refractivity (Wildman–Crippen MR) is 152 cm³/mol. The number of Topliss-reactive ketones (excluding diaryl/α,β-unsaturated/α-hetero) is 1. The van der Waals surface area contributed by atoms with Gasteiger partial charge in [-0.3, -0.25) is 14.6 Å². The molecule has 1 N–H and O–H groups in total. The van der Waals surface area contributed by atoms with Gasteiger partial charge in [0, 0.05) is 24.5 Å². The van der Waals surface area contributed by atoms with E-state index in [0.29, 0.717) is 66.5 Å². The van der Waals surface area contributed by atoms with Crippen LogP contribution in [0.4, 0.5) is 0 Å². The molecule has 9 heteroatoms. The molecule has 0 spiro atoms. The van der Waals surface area contributed by atoms with Gasteiger partial charge in [-0.15, -0.1) is 0 Å². The number of nitrogens with zero attached hydrogens (tertiary/aromatic N) is 2. The van der Waals surface area contributed by atoms with E-state index in [9.17, 15) is 14.7 Å². The van der Waals surface area contributed by atoms with Crippen molar-refractivity contribution in [3.8, 4) is 23.0 Å². The van der Waals surface area contributed by atoms with E-state index in [4.69, 9.17) is 18.9 Å². The third-order valence-electron chi connectivity index (χ3n) is 6.97. The van der Waals surface area contributed by atoms with Gasteiger partial charge in [-0.1, -0.05) is 26.0 Å². The highest BCUT2D eigenvalue weighted by molar-refractivity contribution is 6.46. The molecule has 2 aromatic carbocycles. The first kappa shape index (κ1) is 28.0. The number of benzene rings is 2. The van der Waals surface area contributed by atoms with E-state index < -0.39 is 17.7 Å². The van der Waals surface area contributed by atoms with Crippen molar-refractivity contribution in [1.82, 2.24) is 9.88 Å². The summed E-state index contributed by atoms with van der Waals surface area (Å²) in [4.78, 5) is 32.6. The lowest BCUT2D eigenvalue weighted by Gasteiger charge is -2.26. The van der Waals surface area contributed by atoms with Gasteiger partial charge < -0.3 is 29.0 Å². The van der Waals surface area contributed by atoms with Crippen molar-refractivity contribution >= 4 is 17.4 Å². The van der Waals surface area contributed by atoms with E-state index in [-0.39, 0.29) is 17.9 Å². The van der Waals surface area contributed by atoms with Crippen LogP contribution in [0.5, 0.6) is 23.0 Å². The van der Waals surface area contributed by atoms with E-state index in [0.717, 1.165) is 12.0 Å². The zero-order valence-electron chi connectivity index (χ0n) is 23.5. The van der Waals surface area contributed by atoms with E-state index in [1.165, 1.54) is 4.90 Å². The second-order valence-corrected chi connectivity index (χ2v) is 10.3. The number of rotatable bonds is 10. The highest BCUT2D eigenvalue weighted by Gasteiger charge is 2.46. The van der Waals surface area contributed by atoms with Gasteiger partial charge in [0.1, 0.15) is 19.0 Å². The minimum absolute atomic E-state index is 0.0218. The van der Waals surface area contributed by atoms with Crippen LogP contribution in [0, 0.1) is 5.92 Å². The molecule has 3 aromatic rings. The molecular weight excluding hydrogens is 524 g/mol. The molecule has 3 heterocycles. The number of likely N-dealkylation sites (tertiary alicyclic amines) is 1. The Balaban J connectivity index is 1.60. The number of carbonyl (C=O) groups is 2. The number of hydrogen-bond donors (Lipinski definition) is 1. The fourth-order valence-corrected chi connectivity index (χ4v) is 4.91. The molecule has 41 heavy (non-hydrogen) atoms. The van der Waals surface area contributed by atoms with Crippen LogP contribution in [0.3, 0.4) is 0 Å². The van der Waals surface area contributed by atoms with Crippen LogP contribution in [-0.2, 0) is 16.1 Å². The Labute approximate surface area is 239 Å². The molecule has 1 aromatic heterocycles. The lowest BCUT2D eigenvalue weighted by molar-refractivity contribution is -0.140. The second-order valence-electron chi connectivity index (χ2n) is 10.3. The van der Waals surface area contributed by atoms with Crippen LogP contribution in [0.2, 0.25) is 0 Å². The van der Waals surface area contributed by atoms with Gasteiger partial charge in [-0.25, -0.2) is 0 Å². The Morgan fingerprint density at radius 3 is 2.59 bits per heavy atom. The molecule has 1 fully saturated rings. The van der Waals surface area contributed by atoms with Gasteiger partial charge in [0.25, 0.3) is 11.7 Å². The molecule has 0 saturated carbocycles. The minimum Gasteiger partial charge on any atom is -0.507 e. The number of amides is 1. The van der Waals surface area contributed by atoms with Gasteiger partial charge in [-0.05, 0) is 66.8 Å². The minimum atomic E-state index is -0.882. The number of aliphatic hydroxyl groups is 1. The average Bonchev–Trinajstić information content (AvgIpc) is 3.22. The maximum absolute atomic E-state index is 13.5. The Hall–Kier alpha value is -4.53. The zero-order valence-corrected chi connectivity index (χ0v) is 23.5. The summed E-state index contributed by atoms with van der Waals surface area (Å²) in [6.45, 7) is 7.98. The summed E-state index contributed by atoms with van der Waals surface area (Å²) in [5.74, 6) is 0.785. The lowest BCUT2D eigenvalue weighted by Crippen LogP contribution is -2.29. The molecule has 0 bridgehead atoms. The molecule has 0 aliphatic carbocycles. The molecule has 0 unspecified atom stereocenters. The number of carbonyl (C=O) groups excluding carboxylic acids is 2. The fraction of sp³-hybridized carbons (Fsp3) is 0.344. The number of pyridine rings is 1. The molecule has 214 valence electrons. The number of fused-ring (bicyclic) bond motifs is 1. The molecule has 9 nitrogen and oxygen atoms in total. The fourth-order valence-electron chi connectivity index (χ4n) is 4.91. The lowest BCUT2D eigenvalue weighted by atomic mass is 9.94. The molecule has 1 atom stereocenters. The SMILES string of the molecule is CCOc1cc([C@@H]2C(=C(O)c3ccc4c(c3)OCCO4)C(=O)C(=O)N2Cc2cccnc2)ccc1OCCC(C)C. The Kier molecular flexibility index (Phi) is 8.42. The topological polar surface area (TPSA) is 107 Å². The molecule has 2 aliphatic rings. The first-order chi connectivity index (χ1) is 19.9. The highest BCUT2D eigenvalue weighted by Crippen LogP contribution is 2.43. The number of ketones is 1. The smallest absolute Gasteiger partial charge is 0.295 e. The second kappa shape index (κ2) is 12.3. The number of aliphatic hydroxyl groups excluding tert-OH is 1. The summed E-state index contributed by atoms with van der Waals surface area (Å²) < 4.78 is 23.2. The van der Waals surface area contributed by atoms with Crippen molar-refractivity contribution in [3.63, 3.8) is 0 Å². The summed E-state index contributed by atoms with van der Waals surface area (Å²) in [6, 6.07) is 13.0. The summed E-state index contributed by atoms with van der Waals surface area (Å²) >= 11 is 0. The van der Waals surface area contributed by atoms with E-state index >= 15 is 0 Å². The third-order valence-corrected chi connectivity index (χ3v) is 6.97. The van der Waals surface area contributed by atoms with Crippen molar-refractivity contribution in [1.29, 1.82) is 0 Å². The van der Waals surface area contributed by atoms with Crippen LogP contribution in [-0.4, -0.2) is 53.1 Å². The number of hydrogen-bond acceptors (Lipinski definition) is 8. The van der Waals surface area contributed by atoms with Gasteiger partial charge in [0.2, 0.25) is 0 Å². The molecule has 5 rings (SSSR count). The average molecular weight is 559 g/mol. The van der Waals surface area contributed by atoms with Crippen molar-refractivity contribution in [2.24, 2.45) is 5.92 Å². The van der Waals surface area contributed by atoms with Crippen molar-refractivity contribution < 1.29 is 33.6 Å². The van der Waals surface area contributed by atoms with E-state index in [1.54, 1.807) is 54.9 Å². The summed E-state index contributed by atoms with van der Waals surface area (Å²) in [5, 5.41) is 11.5. The van der Waals surface area contributed by atoms with Crippen LogP contribution < -0.4 is 18.9 Å². The molecule has 1 amide bonds. The molecule has 0 radical (unpaired) electrons. The highest BCUT2D eigenvalue weighted by atomic mass is 16.6. The quantitative estimate of drug-likeness (QED) is 0.203. The van der Waals surface area contributed by atoms with Crippen molar-refractivity contribution in [3.05, 3.63) is 83.2 Å². The van der Waals surface area contributed by atoms with Crippen LogP contribution >= 0.6 is 0 Å². The van der Waals surface area contributed by atoms with E-state index in [1.807, 2.05) is 13.0 Å². The van der Waals surface area contributed by atoms with Gasteiger partial charge in [0.15, 0.2) is 23.0 Å². The Morgan fingerprint density at radius 2 is 1.85 bits per heavy atom. The maximum Gasteiger partial charge on any atom is 0.295 e. The summed E-state index contributed by atoms with van der Waals surface area (Å²) in [7, 11) is 0. The van der Waals surface area contributed by atoms with Gasteiger partial charge in [-0.2, -0.15) is 0 Å². The number of ether oxygens (including phenoxy) is 4. The maximum atomic E-state index is 13.5. The first-order valence-corrected chi connectivity index (χ1v) is 13.8. The Morgan fingerprint density at radius 1 is 1.05 bits per heavy atom. The van der Waals surface area contributed by atoms with Gasteiger partial charge in [0.05, 0.1) is 24.8 Å². The van der Waals surface area contributed by atoms with Crippen molar-refractivity contribution in [2.75, 3.05) is 26.4 Å². The Bertz CT molecular complexity index is 1450. The molecule has 2 aliphatic heterocycles. The van der Waals surface area contributed by atoms with Crippen LogP contribution in [0.25, 0.3) is 5.76 Å². The third kappa shape index (κ3) is 5.99. The molecular formula is C32H34N2O7.